The summed E-state index contributed by atoms with van der Waals surface area (Å²) in [5.41, 5.74) is 3.35. The Balaban J connectivity index is 2.05. The van der Waals surface area contributed by atoms with E-state index in [1.54, 1.807) is 22.9 Å². The molecule has 3 aromatic rings. The van der Waals surface area contributed by atoms with Gasteiger partial charge >= 0.3 is 11.9 Å². The Morgan fingerprint density at radius 1 is 1.10 bits per heavy atom. The van der Waals surface area contributed by atoms with E-state index in [1.807, 2.05) is 18.2 Å². The first kappa shape index (κ1) is 19.6. The summed E-state index contributed by atoms with van der Waals surface area (Å²) in [6, 6.07) is 8.76. The van der Waals surface area contributed by atoms with Crippen molar-refractivity contribution in [3.8, 4) is 11.4 Å². The second kappa shape index (κ2) is 7.99. The van der Waals surface area contributed by atoms with Gasteiger partial charge in [-0.3, -0.25) is 9.78 Å². The van der Waals surface area contributed by atoms with Gasteiger partial charge in [0.15, 0.2) is 0 Å². The van der Waals surface area contributed by atoms with Crippen molar-refractivity contribution in [2.45, 2.75) is 44.6 Å². The van der Waals surface area contributed by atoms with Crippen LogP contribution in [0.5, 0.6) is 0 Å². The van der Waals surface area contributed by atoms with Crippen LogP contribution in [0, 0.1) is 0 Å². The fourth-order valence-electron chi connectivity index (χ4n) is 4.41. The Labute approximate surface area is 176 Å². The fourth-order valence-corrected chi connectivity index (χ4v) is 4.64. The molecule has 0 radical (unpaired) electrons. The largest absolute Gasteiger partial charge is 0.480 e. The lowest BCUT2D eigenvalue weighted by Crippen LogP contribution is -2.12. The molecule has 2 heterocycles. The third kappa shape index (κ3) is 3.79. The maximum Gasteiger partial charge on any atom is 0.335 e. The Kier molecular flexibility index (Phi) is 5.41. The van der Waals surface area contributed by atoms with Gasteiger partial charge in [0.05, 0.1) is 22.5 Å². The first-order chi connectivity index (χ1) is 14.0. The highest BCUT2D eigenvalue weighted by atomic mass is 79.9. The van der Waals surface area contributed by atoms with Crippen LogP contribution in [0.25, 0.3) is 22.3 Å². The lowest BCUT2D eigenvalue weighted by molar-refractivity contribution is -0.137. The highest BCUT2D eigenvalue weighted by Crippen LogP contribution is 2.44. The molecular weight excluding hydrogens is 436 g/mol. The van der Waals surface area contributed by atoms with Gasteiger partial charge in [0.2, 0.25) is 0 Å². The Hall–Kier alpha value is -2.67. The van der Waals surface area contributed by atoms with E-state index in [0.717, 1.165) is 46.8 Å². The molecule has 2 aromatic heterocycles. The van der Waals surface area contributed by atoms with Crippen LogP contribution in [0.2, 0.25) is 0 Å². The van der Waals surface area contributed by atoms with E-state index in [0.29, 0.717) is 17.1 Å². The standard InChI is InChI=1S/C22H21BrN2O4/c23-15-7-9-17(24-11-15)21-20(13-4-2-1-3-5-13)16-8-6-14(22(28)29)10-18(16)25(21)12-19(26)27/h6-11,13H,1-5,12H2,(H,26,27)(H,28,29). The Morgan fingerprint density at radius 2 is 1.86 bits per heavy atom. The maximum atomic E-state index is 11.7. The third-order valence-corrected chi connectivity index (χ3v) is 6.10. The van der Waals surface area contributed by atoms with Gasteiger partial charge in [-0.05, 0) is 64.5 Å². The minimum atomic E-state index is -1.03. The number of aromatic nitrogens is 2. The number of carboxylic acid groups (broad SMARTS) is 2. The summed E-state index contributed by atoms with van der Waals surface area (Å²) in [6.07, 6.45) is 7.25. The van der Waals surface area contributed by atoms with E-state index in [2.05, 4.69) is 20.9 Å². The normalized spacial score (nSPS) is 14.9. The molecule has 1 aliphatic rings. The number of nitrogens with zero attached hydrogens (tertiary/aromatic N) is 2. The van der Waals surface area contributed by atoms with E-state index in [1.165, 1.54) is 6.42 Å². The van der Waals surface area contributed by atoms with Gasteiger partial charge in [0.25, 0.3) is 0 Å². The number of aliphatic carboxylic acids is 1. The topological polar surface area (TPSA) is 92.4 Å². The molecule has 0 spiro atoms. The quantitative estimate of drug-likeness (QED) is 0.543. The van der Waals surface area contributed by atoms with Crippen molar-refractivity contribution in [3.63, 3.8) is 0 Å². The zero-order chi connectivity index (χ0) is 20.5. The van der Waals surface area contributed by atoms with Crippen LogP contribution in [0.3, 0.4) is 0 Å². The molecule has 1 aromatic carbocycles. The highest BCUT2D eigenvalue weighted by molar-refractivity contribution is 9.10. The van der Waals surface area contributed by atoms with Crippen molar-refractivity contribution in [1.82, 2.24) is 9.55 Å². The molecule has 1 fully saturated rings. The highest BCUT2D eigenvalue weighted by Gasteiger charge is 2.28. The third-order valence-electron chi connectivity index (χ3n) is 5.63. The second-order valence-corrected chi connectivity index (χ2v) is 8.39. The van der Waals surface area contributed by atoms with E-state index >= 15 is 0 Å². The first-order valence-corrected chi connectivity index (χ1v) is 10.5. The predicted molar refractivity (Wildman–Crippen MR) is 113 cm³/mol. The number of hydrogen-bond donors (Lipinski definition) is 2. The Morgan fingerprint density at radius 3 is 2.48 bits per heavy atom. The zero-order valence-electron chi connectivity index (χ0n) is 15.8. The van der Waals surface area contributed by atoms with Crippen molar-refractivity contribution in [2.75, 3.05) is 0 Å². The fraction of sp³-hybridized carbons (Fsp3) is 0.318. The van der Waals surface area contributed by atoms with Crippen molar-refractivity contribution in [2.24, 2.45) is 0 Å². The van der Waals surface area contributed by atoms with Gasteiger partial charge in [0, 0.05) is 16.1 Å². The summed E-state index contributed by atoms with van der Waals surface area (Å²) in [4.78, 5) is 27.8. The molecule has 0 aliphatic heterocycles. The number of hydrogen-bond acceptors (Lipinski definition) is 3. The van der Waals surface area contributed by atoms with Crippen LogP contribution in [0.15, 0.2) is 41.0 Å². The first-order valence-electron chi connectivity index (χ1n) is 9.69. The molecule has 1 saturated carbocycles. The average Bonchev–Trinajstić information content (AvgIpc) is 3.02. The molecule has 0 bridgehead atoms. The SMILES string of the molecule is O=C(O)Cn1c(-c2ccc(Br)cn2)c(C2CCCCC2)c2ccc(C(=O)O)cc21. The number of rotatable bonds is 5. The Bertz CT molecular complexity index is 1080. The van der Waals surface area contributed by atoms with Crippen molar-refractivity contribution in [1.29, 1.82) is 0 Å². The van der Waals surface area contributed by atoms with E-state index in [9.17, 15) is 19.8 Å². The van der Waals surface area contributed by atoms with Crippen LogP contribution < -0.4 is 0 Å². The predicted octanol–water partition coefficient (Wildman–Crippen LogP) is 5.30. The maximum absolute atomic E-state index is 11.7. The summed E-state index contributed by atoms with van der Waals surface area (Å²) in [6.45, 7) is -0.251. The number of carbonyl (C=O) groups is 2. The molecule has 0 amide bonds. The lowest BCUT2D eigenvalue weighted by atomic mass is 9.82. The number of benzene rings is 1. The summed E-state index contributed by atoms with van der Waals surface area (Å²) < 4.78 is 2.55. The molecule has 0 unspecified atom stereocenters. The molecule has 150 valence electrons. The smallest absolute Gasteiger partial charge is 0.335 e. The minimum Gasteiger partial charge on any atom is -0.480 e. The number of fused-ring (bicyclic) bond motifs is 1. The monoisotopic (exact) mass is 456 g/mol. The minimum absolute atomic E-state index is 0.146. The molecule has 0 atom stereocenters. The summed E-state index contributed by atoms with van der Waals surface area (Å²) in [7, 11) is 0. The van der Waals surface area contributed by atoms with Gasteiger partial charge in [-0.1, -0.05) is 25.3 Å². The molecule has 0 saturated heterocycles. The molecular formula is C22H21BrN2O4. The molecule has 4 rings (SSSR count). The summed E-state index contributed by atoms with van der Waals surface area (Å²) >= 11 is 3.40. The summed E-state index contributed by atoms with van der Waals surface area (Å²) in [5.74, 6) is -1.70. The summed E-state index contributed by atoms with van der Waals surface area (Å²) in [5, 5.41) is 19.9. The van der Waals surface area contributed by atoms with Crippen molar-refractivity contribution >= 4 is 38.8 Å². The van der Waals surface area contributed by atoms with E-state index < -0.39 is 11.9 Å². The van der Waals surface area contributed by atoms with E-state index in [-0.39, 0.29) is 12.1 Å². The zero-order valence-corrected chi connectivity index (χ0v) is 17.4. The van der Waals surface area contributed by atoms with Crippen molar-refractivity contribution < 1.29 is 19.8 Å². The van der Waals surface area contributed by atoms with E-state index in [4.69, 9.17) is 0 Å². The lowest BCUT2D eigenvalue weighted by Gasteiger charge is -2.23. The second-order valence-electron chi connectivity index (χ2n) is 7.48. The van der Waals surface area contributed by atoms with Gasteiger partial charge in [0.1, 0.15) is 6.54 Å². The number of halogens is 1. The van der Waals surface area contributed by atoms with Gasteiger partial charge < -0.3 is 14.8 Å². The number of pyridine rings is 1. The van der Waals surface area contributed by atoms with Crippen LogP contribution in [0.1, 0.15) is 53.9 Å². The molecule has 7 heteroatoms. The van der Waals surface area contributed by atoms with Gasteiger partial charge in [-0.25, -0.2) is 4.79 Å². The van der Waals surface area contributed by atoms with Crippen LogP contribution in [-0.2, 0) is 11.3 Å². The van der Waals surface area contributed by atoms with Gasteiger partial charge in [-0.15, -0.1) is 0 Å². The average molecular weight is 457 g/mol. The van der Waals surface area contributed by atoms with Crippen LogP contribution in [-0.4, -0.2) is 31.7 Å². The molecule has 6 nitrogen and oxygen atoms in total. The van der Waals surface area contributed by atoms with Crippen LogP contribution >= 0.6 is 15.9 Å². The molecule has 2 N–H and O–H groups in total. The number of aromatic carboxylic acids is 1. The molecule has 29 heavy (non-hydrogen) atoms. The van der Waals surface area contributed by atoms with Gasteiger partial charge in [-0.2, -0.15) is 0 Å². The molecule has 1 aliphatic carbocycles. The van der Waals surface area contributed by atoms with Crippen LogP contribution in [0.4, 0.5) is 0 Å². The van der Waals surface area contributed by atoms with Crippen molar-refractivity contribution in [3.05, 3.63) is 52.1 Å². The number of carboxylic acids is 2.